The molecule has 0 radical (unpaired) electrons. The van der Waals surface area contributed by atoms with Gasteiger partial charge in [0, 0.05) is 12.2 Å². The molecule has 128 valence electrons. The third-order valence-electron chi connectivity index (χ3n) is 4.22. The Morgan fingerprint density at radius 2 is 2.00 bits per heavy atom. The van der Waals surface area contributed by atoms with Crippen LogP contribution in [0.3, 0.4) is 0 Å². The van der Waals surface area contributed by atoms with E-state index in [0.717, 1.165) is 24.1 Å². The van der Waals surface area contributed by atoms with E-state index < -0.39 is 16.1 Å². The Balaban J connectivity index is 1.85. The van der Waals surface area contributed by atoms with E-state index in [9.17, 15) is 13.2 Å². The summed E-state index contributed by atoms with van der Waals surface area (Å²) in [6.07, 6.45) is 2.17. The van der Waals surface area contributed by atoms with E-state index in [0.29, 0.717) is 13.0 Å². The van der Waals surface area contributed by atoms with Crippen molar-refractivity contribution in [3.05, 3.63) is 47.3 Å². The van der Waals surface area contributed by atoms with Gasteiger partial charge in [-0.1, -0.05) is 30.7 Å². The summed E-state index contributed by atoms with van der Waals surface area (Å²) >= 11 is 1.18. The van der Waals surface area contributed by atoms with Crippen LogP contribution in [0.15, 0.2) is 46.0 Å². The Labute approximate surface area is 146 Å². The van der Waals surface area contributed by atoms with E-state index >= 15 is 0 Å². The molecule has 0 aliphatic carbocycles. The number of piperidine rings is 1. The van der Waals surface area contributed by atoms with Gasteiger partial charge in [0.25, 0.3) is 10.0 Å². The topological polar surface area (TPSA) is 66.5 Å². The average molecular weight is 364 g/mol. The number of anilines is 1. The van der Waals surface area contributed by atoms with Crippen LogP contribution in [-0.4, -0.2) is 31.2 Å². The molecule has 1 aromatic carbocycles. The summed E-state index contributed by atoms with van der Waals surface area (Å²) in [6, 6.07) is 10.1. The highest BCUT2D eigenvalue weighted by atomic mass is 32.2. The minimum Gasteiger partial charge on any atom is -0.324 e. The number of rotatable bonds is 4. The number of thiophene rings is 1. The van der Waals surface area contributed by atoms with Crippen LogP contribution in [0, 0.1) is 6.92 Å². The predicted octanol–water partition coefficient (Wildman–Crippen LogP) is 3.24. The number of hydrogen-bond acceptors (Lipinski definition) is 4. The average Bonchev–Trinajstić information content (AvgIpc) is 3.12. The van der Waals surface area contributed by atoms with Crippen LogP contribution in [0.5, 0.6) is 0 Å². The maximum atomic E-state index is 12.8. The van der Waals surface area contributed by atoms with E-state index in [-0.39, 0.29) is 10.1 Å². The lowest BCUT2D eigenvalue weighted by Crippen LogP contribution is -2.49. The Morgan fingerprint density at radius 1 is 1.21 bits per heavy atom. The molecule has 1 N–H and O–H groups in total. The monoisotopic (exact) mass is 364 g/mol. The summed E-state index contributed by atoms with van der Waals surface area (Å²) < 4.78 is 27.3. The molecule has 1 saturated heterocycles. The van der Waals surface area contributed by atoms with Crippen molar-refractivity contribution >= 4 is 33.0 Å². The van der Waals surface area contributed by atoms with E-state index in [2.05, 4.69) is 5.32 Å². The molecule has 0 spiro atoms. The van der Waals surface area contributed by atoms with E-state index in [4.69, 9.17) is 0 Å². The fourth-order valence-electron chi connectivity index (χ4n) is 2.91. The summed E-state index contributed by atoms with van der Waals surface area (Å²) in [7, 11) is -3.62. The van der Waals surface area contributed by atoms with Gasteiger partial charge in [0.05, 0.1) is 0 Å². The summed E-state index contributed by atoms with van der Waals surface area (Å²) in [4.78, 5) is 12.7. The first-order chi connectivity index (χ1) is 11.5. The molecule has 2 heterocycles. The number of nitrogens with one attached hydrogen (secondary N) is 1. The van der Waals surface area contributed by atoms with Gasteiger partial charge in [0.1, 0.15) is 10.3 Å². The fourth-order valence-corrected chi connectivity index (χ4v) is 5.69. The van der Waals surface area contributed by atoms with Crippen molar-refractivity contribution in [3.63, 3.8) is 0 Å². The van der Waals surface area contributed by atoms with Crippen LogP contribution in [0.4, 0.5) is 5.69 Å². The highest BCUT2D eigenvalue weighted by Crippen LogP contribution is 2.28. The Morgan fingerprint density at radius 3 is 2.71 bits per heavy atom. The predicted molar refractivity (Wildman–Crippen MR) is 95.7 cm³/mol. The van der Waals surface area contributed by atoms with Gasteiger partial charge in [-0.05, 0) is 42.8 Å². The maximum absolute atomic E-state index is 12.8. The zero-order chi connectivity index (χ0) is 17.2. The maximum Gasteiger partial charge on any atom is 0.253 e. The molecule has 1 unspecified atom stereocenters. The molecule has 1 aliphatic rings. The van der Waals surface area contributed by atoms with Crippen LogP contribution < -0.4 is 5.32 Å². The molecule has 5 nitrogen and oxygen atoms in total. The number of nitrogens with zero attached hydrogens (tertiary/aromatic N) is 1. The molecule has 0 bridgehead atoms. The van der Waals surface area contributed by atoms with Gasteiger partial charge in [-0.2, -0.15) is 4.31 Å². The zero-order valence-electron chi connectivity index (χ0n) is 13.4. The van der Waals surface area contributed by atoms with Crippen LogP contribution in [-0.2, 0) is 14.8 Å². The quantitative estimate of drug-likeness (QED) is 0.906. The van der Waals surface area contributed by atoms with Crippen LogP contribution in [0.1, 0.15) is 24.8 Å². The van der Waals surface area contributed by atoms with Gasteiger partial charge < -0.3 is 5.32 Å². The normalized spacial score (nSPS) is 19.1. The Kier molecular flexibility index (Phi) is 5.03. The molecule has 24 heavy (non-hydrogen) atoms. The number of carbonyl (C=O) groups excluding carboxylic acids is 1. The number of hydrogen-bond donors (Lipinski definition) is 1. The molecular formula is C17H20N2O3S2. The van der Waals surface area contributed by atoms with E-state index in [1.165, 1.54) is 15.6 Å². The third-order valence-corrected chi connectivity index (χ3v) is 7.50. The van der Waals surface area contributed by atoms with Crippen LogP contribution >= 0.6 is 11.3 Å². The standard InChI is InChI=1S/C17H20N2O3S2/c1-13-7-2-3-8-14(13)18-17(20)15-9-4-5-11-19(15)24(21,22)16-10-6-12-23-16/h2-3,6-8,10,12,15H,4-5,9,11H2,1H3,(H,18,20). The fraction of sp³-hybridized carbons (Fsp3) is 0.353. The second-order valence-electron chi connectivity index (χ2n) is 5.86. The number of aryl methyl sites for hydroxylation is 1. The number of benzene rings is 1. The van der Waals surface area contributed by atoms with Gasteiger partial charge in [-0.25, -0.2) is 8.42 Å². The summed E-state index contributed by atoms with van der Waals surface area (Å²) in [5.41, 5.74) is 1.68. The highest BCUT2D eigenvalue weighted by Gasteiger charge is 2.38. The summed E-state index contributed by atoms with van der Waals surface area (Å²) in [5.74, 6) is -0.260. The molecule has 7 heteroatoms. The second kappa shape index (κ2) is 7.04. The molecule has 1 amide bonds. The summed E-state index contributed by atoms with van der Waals surface area (Å²) in [6.45, 7) is 2.29. The van der Waals surface area contributed by atoms with Crippen molar-refractivity contribution in [2.45, 2.75) is 36.4 Å². The number of para-hydroxylation sites is 1. The molecule has 2 aromatic rings. The number of carbonyl (C=O) groups is 1. The Hall–Kier alpha value is -1.70. The first kappa shape index (κ1) is 17.1. The van der Waals surface area contributed by atoms with Crippen molar-refractivity contribution < 1.29 is 13.2 Å². The van der Waals surface area contributed by atoms with Crippen LogP contribution in [0.25, 0.3) is 0 Å². The molecular weight excluding hydrogens is 344 g/mol. The molecule has 1 fully saturated rings. The number of amides is 1. The van der Waals surface area contributed by atoms with Gasteiger partial charge in [-0.15, -0.1) is 11.3 Å². The van der Waals surface area contributed by atoms with E-state index in [1.54, 1.807) is 17.5 Å². The first-order valence-corrected chi connectivity index (χ1v) is 10.2. The smallest absolute Gasteiger partial charge is 0.253 e. The van der Waals surface area contributed by atoms with Gasteiger partial charge in [0.15, 0.2) is 0 Å². The lowest BCUT2D eigenvalue weighted by Gasteiger charge is -2.33. The lowest BCUT2D eigenvalue weighted by atomic mass is 10.0. The van der Waals surface area contributed by atoms with Gasteiger partial charge >= 0.3 is 0 Å². The van der Waals surface area contributed by atoms with Crippen molar-refractivity contribution in [1.82, 2.24) is 4.31 Å². The molecule has 1 aromatic heterocycles. The first-order valence-electron chi connectivity index (χ1n) is 7.92. The highest BCUT2D eigenvalue weighted by molar-refractivity contribution is 7.91. The van der Waals surface area contributed by atoms with Gasteiger partial charge in [-0.3, -0.25) is 4.79 Å². The zero-order valence-corrected chi connectivity index (χ0v) is 15.1. The number of sulfonamides is 1. The lowest BCUT2D eigenvalue weighted by molar-refractivity contribution is -0.120. The third kappa shape index (κ3) is 3.38. The van der Waals surface area contributed by atoms with Gasteiger partial charge in [0.2, 0.25) is 5.91 Å². The van der Waals surface area contributed by atoms with Crippen molar-refractivity contribution in [2.24, 2.45) is 0 Å². The minimum atomic E-state index is -3.62. The largest absolute Gasteiger partial charge is 0.324 e. The van der Waals surface area contributed by atoms with Crippen LogP contribution in [0.2, 0.25) is 0 Å². The SMILES string of the molecule is Cc1ccccc1NC(=O)C1CCCCN1S(=O)(=O)c1cccs1. The second-order valence-corrected chi connectivity index (χ2v) is 8.93. The van der Waals surface area contributed by atoms with Crippen molar-refractivity contribution in [2.75, 3.05) is 11.9 Å². The molecule has 1 aliphatic heterocycles. The molecule has 0 saturated carbocycles. The Bertz CT molecular complexity index is 816. The molecule has 1 atom stereocenters. The van der Waals surface area contributed by atoms with Crippen molar-refractivity contribution in [3.8, 4) is 0 Å². The molecule has 3 rings (SSSR count). The minimum absolute atomic E-state index is 0.260. The summed E-state index contributed by atoms with van der Waals surface area (Å²) in [5, 5.41) is 4.62. The van der Waals surface area contributed by atoms with E-state index in [1.807, 2.05) is 31.2 Å². The van der Waals surface area contributed by atoms with Crippen molar-refractivity contribution in [1.29, 1.82) is 0 Å².